The highest BCUT2D eigenvalue weighted by Gasteiger charge is 2.19. The molecule has 3 aromatic rings. The molecule has 0 aliphatic rings. The van der Waals surface area contributed by atoms with Gasteiger partial charge in [-0.15, -0.1) is 0 Å². The maximum Gasteiger partial charge on any atom is 0.407 e. The van der Waals surface area contributed by atoms with Gasteiger partial charge in [0.05, 0.1) is 29.8 Å². The zero-order chi connectivity index (χ0) is 25.0. The summed E-state index contributed by atoms with van der Waals surface area (Å²) in [6, 6.07) is 22.2. The SMILES string of the molecule is CCOC(=O)N[C@@H](CC(=O)N/N=C\c1cc(Br)cc(Br)c1OCc1ccccc1)c1ccccc1. The van der Waals surface area contributed by atoms with Crippen molar-refractivity contribution in [3.8, 4) is 5.75 Å². The van der Waals surface area contributed by atoms with Crippen LogP contribution >= 0.6 is 31.9 Å². The molecule has 0 heterocycles. The molecule has 0 aromatic heterocycles. The third-order valence-corrected chi connectivity index (χ3v) is 5.86. The van der Waals surface area contributed by atoms with Crippen LogP contribution in [0.4, 0.5) is 4.79 Å². The molecule has 0 saturated carbocycles. The molecule has 0 aliphatic heterocycles. The highest BCUT2D eigenvalue weighted by atomic mass is 79.9. The highest BCUT2D eigenvalue weighted by Crippen LogP contribution is 2.32. The molecule has 182 valence electrons. The van der Waals surface area contributed by atoms with Crippen LogP contribution < -0.4 is 15.5 Å². The van der Waals surface area contributed by atoms with E-state index in [1.54, 1.807) is 6.92 Å². The lowest BCUT2D eigenvalue weighted by Gasteiger charge is -2.18. The number of alkyl carbamates (subject to hydrolysis) is 1. The van der Waals surface area contributed by atoms with Gasteiger partial charge in [-0.25, -0.2) is 10.2 Å². The van der Waals surface area contributed by atoms with Crippen LogP contribution in [-0.2, 0) is 16.1 Å². The molecule has 2 amide bonds. The Bertz CT molecular complexity index is 1160. The molecule has 0 spiro atoms. The van der Waals surface area contributed by atoms with E-state index >= 15 is 0 Å². The summed E-state index contributed by atoms with van der Waals surface area (Å²) in [4.78, 5) is 24.6. The summed E-state index contributed by atoms with van der Waals surface area (Å²) in [6.45, 7) is 2.34. The fraction of sp³-hybridized carbons (Fsp3) is 0.192. The molecular formula is C26H25Br2N3O4. The summed E-state index contributed by atoms with van der Waals surface area (Å²) in [5.41, 5.74) is 5.01. The van der Waals surface area contributed by atoms with E-state index in [2.05, 4.69) is 47.7 Å². The van der Waals surface area contributed by atoms with Gasteiger partial charge in [0.25, 0.3) is 0 Å². The maximum absolute atomic E-state index is 12.6. The van der Waals surface area contributed by atoms with Crippen molar-refractivity contribution < 1.29 is 19.1 Å². The lowest BCUT2D eigenvalue weighted by atomic mass is 10.0. The minimum atomic E-state index is -0.586. The summed E-state index contributed by atoms with van der Waals surface area (Å²) in [5.74, 6) is 0.230. The topological polar surface area (TPSA) is 89.0 Å². The Hall–Kier alpha value is -3.17. The zero-order valence-corrected chi connectivity index (χ0v) is 22.2. The number of hydrogen-bond donors (Lipinski definition) is 2. The van der Waals surface area contributed by atoms with Crippen molar-refractivity contribution in [3.63, 3.8) is 0 Å². The van der Waals surface area contributed by atoms with Crippen molar-refractivity contribution >= 4 is 50.1 Å². The van der Waals surface area contributed by atoms with Crippen molar-refractivity contribution in [2.75, 3.05) is 6.61 Å². The van der Waals surface area contributed by atoms with Gasteiger partial charge in [0.1, 0.15) is 12.4 Å². The van der Waals surface area contributed by atoms with Gasteiger partial charge >= 0.3 is 6.09 Å². The van der Waals surface area contributed by atoms with Crippen molar-refractivity contribution in [2.24, 2.45) is 5.10 Å². The number of rotatable bonds is 10. The molecular weight excluding hydrogens is 578 g/mol. The second-order valence-electron chi connectivity index (χ2n) is 7.41. The van der Waals surface area contributed by atoms with Crippen LogP contribution in [0.5, 0.6) is 5.75 Å². The number of carbonyl (C=O) groups excluding carboxylic acids is 2. The summed E-state index contributed by atoms with van der Waals surface area (Å²) in [5, 5.41) is 6.83. The first-order chi connectivity index (χ1) is 17.0. The first kappa shape index (κ1) is 26.4. The molecule has 3 rings (SSSR count). The van der Waals surface area contributed by atoms with Gasteiger partial charge in [0, 0.05) is 10.0 Å². The Kier molecular flexibility index (Phi) is 10.3. The largest absolute Gasteiger partial charge is 0.487 e. The fourth-order valence-corrected chi connectivity index (χ4v) is 4.59. The molecule has 2 N–H and O–H groups in total. The number of nitrogens with zero attached hydrogens (tertiary/aromatic N) is 1. The van der Waals surface area contributed by atoms with Crippen LogP contribution in [-0.4, -0.2) is 24.8 Å². The van der Waals surface area contributed by atoms with Crippen LogP contribution in [0.15, 0.2) is 86.8 Å². The number of hydrogen-bond acceptors (Lipinski definition) is 5. The number of carbonyl (C=O) groups is 2. The molecule has 0 saturated heterocycles. The van der Waals surface area contributed by atoms with Crippen molar-refractivity contribution in [1.29, 1.82) is 0 Å². The summed E-state index contributed by atoms with van der Waals surface area (Å²) >= 11 is 7.00. The van der Waals surface area contributed by atoms with Crippen molar-refractivity contribution in [3.05, 3.63) is 98.4 Å². The molecule has 0 fully saturated rings. The smallest absolute Gasteiger partial charge is 0.407 e. The average molecular weight is 603 g/mol. The first-order valence-corrected chi connectivity index (χ1v) is 12.5. The number of halogens is 2. The number of hydrazone groups is 1. The van der Waals surface area contributed by atoms with Crippen LogP contribution in [0.25, 0.3) is 0 Å². The van der Waals surface area contributed by atoms with E-state index in [4.69, 9.17) is 9.47 Å². The number of nitrogens with one attached hydrogen (secondary N) is 2. The minimum Gasteiger partial charge on any atom is -0.487 e. The van der Waals surface area contributed by atoms with E-state index in [1.165, 1.54) is 6.21 Å². The molecule has 0 bridgehead atoms. The van der Waals surface area contributed by atoms with Gasteiger partial charge in [0.15, 0.2) is 0 Å². The minimum absolute atomic E-state index is 0.0142. The number of amides is 2. The predicted molar refractivity (Wildman–Crippen MR) is 142 cm³/mol. The van der Waals surface area contributed by atoms with E-state index in [-0.39, 0.29) is 18.9 Å². The Morgan fingerprint density at radius 1 is 1.03 bits per heavy atom. The predicted octanol–water partition coefficient (Wildman–Crippen LogP) is 6.12. The summed E-state index contributed by atoms with van der Waals surface area (Å²) in [6.07, 6.45) is 0.917. The van der Waals surface area contributed by atoms with Crippen LogP contribution in [0, 0.1) is 0 Å². The monoisotopic (exact) mass is 601 g/mol. The quantitative estimate of drug-likeness (QED) is 0.216. The maximum atomic E-state index is 12.6. The van der Waals surface area contributed by atoms with Gasteiger partial charge in [-0.05, 0) is 46.1 Å². The normalized spacial score (nSPS) is 11.6. The van der Waals surface area contributed by atoms with E-state index < -0.39 is 12.1 Å². The van der Waals surface area contributed by atoms with E-state index in [0.717, 1.165) is 20.1 Å². The molecule has 0 aliphatic carbocycles. The molecule has 0 radical (unpaired) electrons. The van der Waals surface area contributed by atoms with Gasteiger partial charge < -0.3 is 14.8 Å². The van der Waals surface area contributed by atoms with E-state index in [1.807, 2.05) is 72.8 Å². The van der Waals surface area contributed by atoms with Gasteiger partial charge in [-0.3, -0.25) is 4.79 Å². The van der Waals surface area contributed by atoms with Crippen LogP contribution in [0.3, 0.4) is 0 Å². The van der Waals surface area contributed by atoms with Crippen LogP contribution in [0.2, 0.25) is 0 Å². The highest BCUT2D eigenvalue weighted by molar-refractivity contribution is 9.11. The fourth-order valence-electron chi connectivity index (χ4n) is 3.22. The lowest BCUT2D eigenvalue weighted by molar-refractivity contribution is -0.121. The third kappa shape index (κ3) is 8.52. The molecule has 1 atom stereocenters. The zero-order valence-electron chi connectivity index (χ0n) is 19.0. The van der Waals surface area contributed by atoms with Crippen LogP contribution in [0.1, 0.15) is 36.1 Å². The van der Waals surface area contributed by atoms with Gasteiger partial charge in [-0.2, -0.15) is 5.10 Å². The molecule has 0 unspecified atom stereocenters. The third-order valence-electron chi connectivity index (χ3n) is 4.81. The van der Waals surface area contributed by atoms with Gasteiger partial charge in [0.2, 0.25) is 5.91 Å². The standard InChI is InChI=1S/C26H25Br2N3O4/c1-2-34-26(33)30-23(19-11-7-4-8-12-19)15-24(32)31-29-16-20-13-21(27)14-22(28)25(20)35-17-18-9-5-3-6-10-18/h3-14,16,23H,2,15,17H2,1H3,(H,30,33)(H,31,32)/b29-16-/t23-/m0/s1. The first-order valence-electron chi connectivity index (χ1n) is 10.9. The summed E-state index contributed by atoms with van der Waals surface area (Å²) in [7, 11) is 0. The molecule has 7 nitrogen and oxygen atoms in total. The molecule has 3 aromatic carbocycles. The Morgan fingerprint density at radius 3 is 2.40 bits per heavy atom. The second kappa shape index (κ2) is 13.7. The summed E-state index contributed by atoms with van der Waals surface area (Å²) < 4.78 is 12.6. The Labute approximate surface area is 221 Å². The van der Waals surface area contributed by atoms with Crippen molar-refractivity contribution in [1.82, 2.24) is 10.7 Å². The molecule has 9 heteroatoms. The number of ether oxygens (including phenoxy) is 2. The lowest BCUT2D eigenvalue weighted by Crippen LogP contribution is -2.33. The second-order valence-corrected chi connectivity index (χ2v) is 9.18. The number of benzene rings is 3. The average Bonchev–Trinajstić information content (AvgIpc) is 2.84. The Morgan fingerprint density at radius 2 is 1.71 bits per heavy atom. The Balaban J connectivity index is 1.68. The van der Waals surface area contributed by atoms with E-state index in [9.17, 15) is 9.59 Å². The van der Waals surface area contributed by atoms with Crippen molar-refractivity contribution in [2.45, 2.75) is 26.0 Å². The molecule has 35 heavy (non-hydrogen) atoms. The van der Waals surface area contributed by atoms with E-state index in [0.29, 0.717) is 17.9 Å². The van der Waals surface area contributed by atoms with Gasteiger partial charge in [-0.1, -0.05) is 76.6 Å².